The Labute approximate surface area is 177 Å². The molecule has 2 aliphatic heterocycles. The molecule has 0 aromatic carbocycles. The third kappa shape index (κ3) is 4.68. The quantitative estimate of drug-likeness (QED) is 0.798. The topological polar surface area (TPSA) is 89.5 Å². The van der Waals surface area contributed by atoms with Gasteiger partial charge >= 0.3 is 0 Å². The average Bonchev–Trinajstić information content (AvgIpc) is 3.33. The predicted molar refractivity (Wildman–Crippen MR) is 115 cm³/mol. The van der Waals surface area contributed by atoms with Crippen LogP contribution in [0.4, 0.5) is 5.82 Å². The van der Waals surface area contributed by atoms with E-state index in [1.807, 2.05) is 28.8 Å². The minimum atomic E-state index is -0.325. The van der Waals surface area contributed by atoms with Gasteiger partial charge in [-0.1, -0.05) is 0 Å². The fraction of sp³-hybridized carbons (Fsp3) is 0.667. The maximum Gasteiger partial charge on any atom is 0.240 e. The summed E-state index contributed by atoms with van der Waals surface area (Å²) in [6, 6.07) is 6.17. The molecule has 29 heavy (non-hydrogen) atoms. The van der Waals surface area contributed by atoms with Crippen LogP contribution in [0.3, 0.4) is 0 Å². The van der Waals surface area contributed by atoms with Crippen LogP contribution in [-0.4, -0.2) is 77.1 Å². The van der Waals surface area contributed by atoms with Gasteiger partial charge in [-0.05, 0) is 43.7 Å². The van der Waals surface area contributed by atoms with E-state index in [2.05, 4.69) is 20.9 Å². The van der Waals surface area contributed by atoms with E-state index < -0.39 is 0 Å². The Hall–Kier alpha value is -1.82. The lowest BCUT2D eigenvalue weighted by molar-refractivity contribution is -0.132. The predicted octanol–water partition coefficient (Wildman–Crippen LogP) is 1.49. The molecule has 8 heteroatoms. The number of pyridine rings is 1. The molecule has 1 aromatic heterocycles. The molecule has 1 saturated carbocycles. The molecule has 156 valence electrons. The van der Waals surface area contributed by atoms with E-state index in [1.54, 1.807) is 6.20 Å². The number of carbonyl (C=O) groups excluding carboxylic acids is 1. The van der Waals surface area contributed by atoms with Crippen LogP contribution >= 0.6 is 11.8 Å². The molecule has 7 nitrogen and oxygen atoms in total. The van der Waals surface area contributed by atoms with Crippen molar-refractivity contribution in [3.05, 3.63) is 23.9 Å². The Kier molecular flexibility index (Phi) is 6.58. The van der Waals surface area contributed by atoms with Crippen LogP contribution in [0.2, 0.25) is 0 Å². The van der Waals surface area contributed by atoms with Crippen LogP contribution in [0.5, 0.6) is 0 Å². The highest BCUT2D eigenvalue weighted by atomic mass is 32.2. The number of nitriles is 1. The van der Waals surface area contributed by atoms with Gasteiger partial charge in [0.15, 0.2) is 0 Å². The molecule has 1 aliphatic carbocycles. The maximum absolute atomic E-state index is 12.6. The van der Waals surface area contributed by atoms with Crippen molar-refractivity contribution in [2.24, 2.45) is 11.7 Å². The van der Waals surface area contributed by atoms with Gasteiger partial charge in [0, 0.05) is 50.7 Å². The Morgan fingerprint density at radius 2 is 1.93 bits per heavy atom. The number of hydrogen-bond acceptors (Lipinski definition) is 7. The van der Waals surface area contributed by atoms with Gasteiger partial charge in [0.25, 0.3) is 0 Å². The van der Waals surface area contributed by atoms with Crippen molar-refractivity contribution in [3.63, 3.8) is 0 Å². The summed E-state index contributed by atoms with van der Waals surface area (Å²) in [5.41, 5.74) is 6.95. The Morgan fingerprint density at radius 3 is 2.52 bits per heavy atom. The van der Waals surface area contributed by atoms with Crippen molar-refractivity contribution in [1.29, 1.82) is 5.26 Å². The summed E-state index contributed by atoms with van der Waals surface area (Å²) in [4.78, 5) is 23.8. The summed E-state index contributed by atoms with van der Waals surface area (Å²) in [5.74, 6) is 3.28. The van der Waals surface area contributed by atoms with Gasteiger partial charge in [-0.2, -0.15) is 5.26 Å². The molecular formula is C21H30N6OS. The highest BCUT2D eigenvalue weighted by molar-refractivity contribution is 7.99. The van der Waals surface area contributed by atoms with Crippen molar-refractivity contribution in [2.75, 3.05) is 49.3 Å². The van der Waals surface area contributed by atoms with Crippen LogP contribution in [-0.2, 0) is 4.79 Å². The molecule has 0 unspecified atom stereocenters. The van der Waals surface area contributed by atoms with E-state index in [9.17, 15) is 4.79 Å². The van der Waals surface area contributed by atoms with E-state index in [0.717, 1.165) is 75.9 Å². The minimum absolute atomic E-state index is 0.155. The lowest BCUT2D eigenvalue weighted by Crippen LogP contribution is -2.53. The summed E-state index contributed by atoms with van der Waals surface area (Å²) < 4.78 is 0. The standard InChI is InChI=1S/C21H30N6OS/c22-13-16-1-6-19(24-14-16)26-9-7-25(8-10-26)18-4-2-17(3-5-18)20(23)21(28)27-11-12-29-15-27/h1,6,14,17-18,20H,2-5,7-12,15,23H2/t17-,18+,20-/m0/s1. The largest absolute Gasteiger partial charge is 0.354 e. The number of aromatic nitrogens is 1. The molecule has 4 rings (SSSR count). The summed E-state index contributed by atoms with van der Waals surface area (Å²) in [6.45, 7) is 4.85. The number of anilines is 1. The average molecular weight is 415 g/mol. The summed E-state index contributed by atoms with van der Waals surface area (Å²) in [5, 5.41) is 8.92. The van der Waals surface area contributed by atoms with Crippen molar-refractivity contribution in [2.45, 2.75) is 37.8 Å². The van der Waals surface area contributed by atoms with Crippen LogP contribution in [0, 0.1) is 17.2 Å². The van der Waals surface area contributed by atoms with E-state index in [4.69, 9.17) is 11.0 Å². The monoisotopic (exact) mass is 414 g/mol. The second kappa shape index (κ2) is 9.33. The van der Waals surface area contributed by atoms with Gasteiger partial charge in [0.05, 0.1) is 17.5 Å². The second-order valence-corrected chi connectivity index (χ2v) is 9.35. The van der Waals surface area contributed by atoms with Crippen molar-refractivity contribution in [3.8, 4) is 6.07 Å². The Morgan fingerprint density at radius 1 is 1.17 bits per heavy atom. The molecule has 1 aromatic rings. The summed E-state index contributed by atoms with van der Waals surface area (Å²) in [6.07, 6.45) is 6.02. The zero-order valence-electron chi connectivity index (χ0n) is 16.9. The highest BCUT2D eigenvalue weighted by Gasteiger charge is 2.35. The van der Waals surface area contributed by atoms with Gasteiger partial charge in [-0.15, -0.1) is 11.8 Å². The van der Waals surface area contributed by atoms with Crippen LogP contribution < -0.4 is 10.6 Å². The first-order valence-corrected chi connectivity index (χ1v) is 11.8. The number of amides is 1. The first-order valence-electron chi connectivity index (χ1n) is 10.6. The van der Waals surface area contributed by atoms with Crippen LogP contribution in [0.25, 0.3) is 0 Å². The number of rotatable bonds is 4. The van der Waals surface area contributed by atoms with Crippen molar-refractivity contribution >= 4 is 23.5 Å². The van der Waals surface area contributed by atoms with Crippen LogP contribution in [0.15, 0.2) is 18.3 Å². The van der Waals surface area contributed by atoms with Crippen molar-refractivity contribution in [1.82, 2.24) is 14.8 Å². The number of carbonyl (C=O) groups is 1. The fourth-order valence-electron chi connectivity index (χ4n) is 4.78. The lowest BCUT2D eigenvalue weighted by atomic mass is 9.80. The van der Waals surface area contributed by atoms with Gasteiger partial charge in [-0.25, -0.2) is 4.98 Å². The highest BCUT2D eigenvalue weighted by Crippen LogP contribution is 2.31. The number of hydrogen-bond donors (Lipinski definition) is 1. The zero-order chi connectivity index (χ0) is 20.2. The Bertz CT molecular complexity index is 729. The van der Waals surface area contributed by atoms with E-state index in [1.165, 1.54) is 0 Å². The first kappa shape index (κ1) is 20.5. The normalized spacial score (nSPS) is 26.9. The molecule has 1 atom stereocenters. The Balaban J connectivity index is 1.23. The van der Waals surface area contributed by atoms with E-state index >= 15 is 0 Å². The lowest BCUT2D eigenvalue weighted by Gasteiger charge is -2.43. The summed E-state index contributed by atoms with van der Waals surface area (Å²) in [7, 11) is 0. The first-order chi connectivity index (χ1) is 14.2. The number of nitrogens with zero attached hydrogens (tertiary/aromatic N) is 5. The van der Waals surface area contributed by atoms with Gasteiger partial charge in [0.2, 0.25) is 5.91 Å². The molecule has 3 aliphatic rings. The molecule has 0 spiro atoms. The molecule has 2 N–H and O–H groups in total. The smallest absolute Gasteiger partial charge is 0.240 e. The summed E-state index contributed by atoms with van der Waals surface area (Å²) >= 11 is 1.81. The zero-order valence-corrected chi connectivity index (χ0v) is 17.7. The molecule has 1 amide bonds. The third-order valence-electron chi connectivity index (χ3n) is 6.63. The van der Waals surface area contributed by atoms with Gasteiger partial charge in [-0.3, -0.25) is 9.69 Å². The molecule has 3 heterocycles. The van der Waals surface area contributed by atoms with Crippen LogP contribution in [0.1, 0.15) is 31.2 Å². The number of piperazine rings is 1. The fourth-order valence-corrected chi connectivity index (χ4v) is 5.74. The van der Waals surface area contributed by atoms with E-state index in [0.29, 0.717) is 17.5 Å². The van der Waals surface area contributed by atoms with Crippen molar-refractivity contribution < 1.29 is 4.79 Å². The number of thioether (sulfide) groups is 1. The maximum atomic E-state index is 12.6. The second-order valence-electron chi connectivity index (χ2n) is 8.27. The minimum Gasteiger partial charge on any atom is -0.354 e. The van der Waals surface area contributed by atoms with Gasteiger partial charge in [0.1, 0.15) is 11.9 Å². The number of nitrogens with two attached hydrogens (primary N) is 1. The molecule has 0 bridgehead atoms. The van der Waals surface area contributed by atoms with Gasteiger partial charge < -0.3 is 15.5 Å². The van der Waals surface area contributed by atoms with E-state index in [-0.39, 0.29) is 11.9 Å². The molecular weight excluding hydrogens is 384 g/mol. The molecule has 0 radical (unpaired) electrons. The molecule has 2 saturated heterocycles. The molecule has 3 fully saturated rings. The SMILES string of the molecule is N#Cc1ccc(N2CCN([C@H]3CC[C@@H]([C@H](N)C(=O)N4CCSC4)CC3)CC2)nc1. The third-order valence-corrected chi connectivity index (χ3v) is 7.60.